The Morgan fingerprint density at radius 3 is 2.75 bits per heavy atom. The van der Waals surface area contributed by atoms with Crippen LogP contribution in [0.15, 0.2) is 35.1 Å². The molecule has 0 radical (unpaired) electrons. The quantitative estimate of drug-likeness (QED) is 0.836. The van der Waals surface area contributed by atoms with Crippen molar-refractivity contribution < 1.29 is 9.53 Å². The predicted molar refractivity (Wildman–Crippen MR) is 72.5 cm³/mol. The van der Waals surface area contributed by atoms with Gasteiger partial charge in [-0.05, 0) is 5.56 Å². The zero-order valence-electron chi connectivity index (χ0n) is 10.3. The maximum atomic E-state index is 11.5. The average Bonchev–Trinajstić information content (AvgIpc) is 2.45. The van der Waals surface area contributed by atoms with E-state index in [-0.39, 0.29) is 24.3 Å². The number of alkyl halides is 1. The van der Waals surface area contributed by atoms with Gasteiger partial charge in [0.1, 0.15) is 12.4 Å². The number of aromatic amines is 1. The highest BCUT2D eigenvalue weighted by atomic mass is 35.5. The molecule has 0 atom stereocenters. The van der Waals surface area contributed by atoms with Crippen molar-refractivity contribution in [3.05, 3.63) is 52.2 Å². The van der Waals surface area contributed by atoms with E-state index in [9.17, 15) is 9.59 Å². The smallest absolute Gasteiger partial charge is 0.414 e. The Morgan fingerprint density at radius 1 is 1.30 bits per heavy atom. The summed E-state index contributed by atoms with van der Waals surface area (Å²) in [6.45, 7) is 0.109. The molecule has 1 heterocycles. The van der Waals surface area contributed by atoms with Crippen molar-refractivity contribution in [2.75, 3.05) is 5.32 Å². The highest BCUT2D eigenvalue weighted by molar-refractivity contribution is 6.16. The summed E-state index contributed by atoms with van der Waals surface area (Å²) in [5.41, 5.74) is 0.199. The minimum Gasteiger partial charge on any atom is -0.444 e. The molecule has 1 aromatic heterocycles. The molecule has 7 nitrogen and oxygen atoms in total. The molecule has 8 heteroatoms. The van der Waals surface area contributed by atoms with Gasteiger partial charge in [-0.15, -0.1) is 11.6 Å². The first-order chi connectivity index (χ1) is 9.67. The number of halogens is 1. The van der Waals surface area contributed by atoms with Crippen LogP contribution in [0.2, 0.25) is 0 Å². The molecule has 0 fully saturated rings. The van der Waals surface area contributed by atoms with Crippen molar-refractivity contribution in [1.82, 2.24) is 15.0 Å². The number of carbonyl (C=O) groups is 1. The largest absolute Gasteiger partial charge is 0.444 e. The van der Waals surface area contributed by atoms with Crippen LogP contribution in [0.5, 0.6) is 0 Å². The summed E-state index contributed by atoms with van der Waals surface area (Å²) in [6, 6.07) is 9.18. The first-order valence-corrected chi connectivity index (χ1v) is 6.22. The molecule has 0 unspecified atom stereocenters. The Morgan fingerprint density at radius 2 is 2.05 bits per heavy atom. The summed E-state index contributed by atoms with van der Waals surface area (Å²) >= 11 is 5.54. The number of H-pyrrole nitrogens is 1. The number of ether oxygens (including phenoxy) is 1. The third kappa shape index (κ3) is 4.06. The maximum absolute atomic E-state index is 11.5. The van der Waals surface area contributed by atoms with E-state index in [2.05, 4.69) is 20.3 Å². The fraction of sp³-hybridized carbons (Fsp3) is 0.167. The van der Waals surface area contributed by atoms with Crippen LogP contribution in [-0.2, 0) is 17.2 Å². The van der Waals surface area contributed by atoms with Crippen LogP contribution in [0, 0.1) is 0 Å². The van der Waals surface area contributed by atoms with E-state index in [4.69, 9.17) is 16.3 Å². The lowest BCUT2D eigenvalue weighted by Gasteiger charge is -2.06. The number of nitrogens with zero attached hydrogens (tertiary/aromatic N) is 2. The molecular weight excluding hydrogens is 284 g/mol. The van der Waals surface area contributed by atoms with Gasteiger partial charge in [-0.1, -0.05) is 30.3 Å². The predicted octanol–water partition coefficient (Wildman–Crippen LogP) is 1.65. The van der Waals surface area contributed by atoms with E-state index in [1.165, 1.54) is 0 Å². The number of carbonyl (C=O) groups excluding carboxylic acids is 1. The van der Waals surface area contributed by atoms with Gasteiger partial charge in [0.2, 0.25) is 5.95 Å². The minimum atomic E-state index is -0.750. The Balaban J connectivity index is 1.94. The lowest BCUT2D eigenvalue weighted by atomic mass is 10.2. The number of nitrogens with one attached hydrogen (secondary N) is 2. The molecular formula is C12H11ClN4O3. The van der Waals surface area contributed by atoms with E-state index >= 15 is 0 Å². The van der Waals surface area contributed by atoms with Crippen LogP contribution in [0.4, 0.5) is 10.7 Å². The van der Waals surface area contributed by atoms with E-state index in [0.29, 0.717) is 0 Å². The van der Waals surface area contributed by atoms with Crippen LogP contribution < -0.4 is 11.0 Å². The summed E-state index contributed by atoms with van der Waals surface area (Å²) < 4.78 is 4.97. The standard InChI is InChI=1S/C12H11ClN4O3/c13-6-9-14-10(16-11(18)15-9)17-12(19)20-7-8-4-2-1-3-5-8/h1-5H,6-7H2,(H2,14,15,16,17,18,19). The Bertz CT molecular complexity index is 645. The average molecular weight is 295 g/mol. The fourth-order valence-electron chi connectivity index (χ4n) is 1.40. The molecule has 0 saturated heterocycles. The number of hydrogen-bond donors (Lipinski definition) is 2. The second-order valence-corrected chi connectivity index (χ2v) is 4.01. The van der Waals surface area contributed by atoms with Crippen LogP contribution in [0.3, 0.4) is 0 Å². The molecule has 1 aromatic carbocycles. The van der Waals surface area contributed by atoms with Gasteiger partial charge in [-0.2, -0.15) is 9.97 Å². The molecule has 2 aromatic rings. The Kier molecular flexibility index (Phi) is 4.67. The number of rotatable bonds is 4. The Labute approximate surface area is 119 Å². The van der Waals surface area contributed by atoms with Gasteiger partial charge in [0.05, 0.1) is 5.88 Å². The first kappa shape index (κ1) is 14.0. The van der Waals surface area contributed by atoms with E-state index in [1.54, 1.807) is 0 Å². The SMILES string of the molecule is O=C(Nc1nc(CCl)[nH]c(=O)n1)OCc1ccccc1. The Hall–Kier alpha value is -2.41. The number of benzene rings is 1. The van der Waals surface area contributed by atoms with E-state index in [1.807, 2.05) is 30.3 Å². The van der Waals surface area contributed by atoms with E-state index in [0.717, 1.165) is 5.56 Å². The summed E-state index contributed by atoms with van der Waals surface area (Å²) in [4.78, 5) is 32.4. The van der Waals surface area contributed by atoms with Gasteiger partial charge in [-0.25, -0.2) is 9.59 Å². The third-order valence-corrected chi connectivity index (χ3v) is 2.51. The van der Waals surface area contributed by atoms with Crippen molar-refractivity contribution in [2.45, 2.75) is 12.5 Å². The van der Waals surface area contributed by atoms with Gasteiger partial charge in [-0.3, -0.25) is 10.3 Å². The van der Waals surface area contributed by atoms with Crippen LogP contribution in [0.1, 0.15) is 11.4 Å². The molecule has 1 amide bonds. The van der Waals surface area contributed by atoms with Crippen LogP contribution >= 0.6 is 11.6 Å². The van der Waals surface area contributed by atoms with Crippen LogP contribution in [0.25, 0.3) is 0 Å². The van der Waals surface area contributed by atoms with Crippen molar-refractivity contribution in [1.29, 1.82) is 0 Å². The van der Waals surface area contributed by atoms with Crippen molar-refractivity contribution in [3.8, 4) is 0 Å². The normalized spacial score (nSPS) is 10.1. The number of aromatic nitrogens is 3. The van der Waals surface area contributed by atoms with Crippen molar-refractivity contribution in [2.24, 2.45) is 0 Å². The third-order valence-electron chi connectivity index (χ3n) is 2.25. The second kappa shape index (κ2) is 6.67. The summed E-state index contributed by atoms with van der Waals surface area (Å²) in [5.74, 6) is 0.0679. The number of amides is 1. The number of hydrogen-bond acceptors (Lipinski definition) is 5. The number of anilines is 1. The molecule has 0 aliphatic rings. The topological polar surface area (TPSA) is 97.0 Å². The molecule has 2 N–H and O–H groups in total. The monoisotopic (exact) mass is 294 g/mol. The van der Waals surface area contributed by atoms with Gasteiger partial charge in [0.15, 0.2) is 0 Å². The van der Waals surface area contributed by atoms with Gasteiger partial charge < -0.3 is 4.74 Å². The molecule has 0 aliphatic carbocycles. The van der Waals surface area contributed by atoms with Crippen molar-refractivity contribution >= 4 is 23.6 Å². The van der Waals surface area contributed by atoms with Crippen molar-refractivity contribution in [3.63, 3.8) is 0 Å². The van der Waals surface area contributed by atoms with Crippen LogP contribution in [-0.4, -0.2) is 21.0 Å². The first-order valence-electron chi connectivity index (χ1n) is 5.68. The lowest BCUT2D eigenvalue weighted by Crippen LogP contribution is -2.22. The van der Waals surface area contributed by atoms with E-state index < -0.39 is 11.8 Å². The minimum absolute atomic E-state index is 0.00546. The fourth-order valence-corrected chi connectivity index (χ4v) is 1.52. The highest BCUT2D eigenvalue weighted by Crippen LogP contribution is 2.03. The molecule has 104 valence electrons. The molecule has 0 spiro atoms. The van der Waals surface area contributed by atoms with Gasteiger partial charge >= 0.3 is 11.8 Å². The van der Waals surface area contributed by atoms with Gasteiger partial charge in [0, 0.05) is 0 Å². The molecule has 2 rings (SSSR count). The maximum Gasteiger partial charge on any atom is 0.414 e. The lowest BCUT2D eigenvalue weighted by molar-refractivity contribution is 0.155. The molecule has 0 aliphatic heterocycles. The van der Waals surface area contributed by atoms with Gasteiger partial charge in [0.25, 0.3) is 0 Å². The second-order valence-electron chi connectivity index (χ2n) is 3.74. The molecule has 0 saturated carbocycles. The summed E-state index contributed by atoms with van der Waals surface area (Å²) in [5, 5.41) is 2.27. The zero-order valence-corrected chi connectivity index (χ0v) is 11.1. The molecule has 20 heavy (non-hydrogen) atoms. The summed E-state index contributed by atoms with van der Waals surface area (Å²) in [7, 11) is 0. The zero-order chi connectivity index (χ0) is 14.4. The molecule has 0 bridgehead atoms. The highest BCUT2D eigenvalue weighted by Gasteiger charge is 2.08. The summed E-state index contributed by atoms with van der Waals surface area (Å²) in [6.07, 6.45) is -0.750.